The van der Waals surface area contributed by atoms with Crippen LogP contribution < -0.4 is 5.32 Å². The third-order valence-corrected chi connectivity index (χ3v) is 5.21. The number of nitrogens with one attached hydrogen (secondary N) is 1. The summed E-state index contributed by atoms with van der Waals surface area (Å²) in [6, 6.07) is 4.69. The van der Waals surface area contributed by atoms with Gasteiger partial charge in [-0.3, -0.25) is 4.99 Å². The first-order chi connectivity index (χ1) is 9.93. The summed E-state index contributed by atoms with van der Waals surface area (Å²) in [5, 5.41) is 3.79. The van der Waals surface area contributed by atoms with Crippen molar-refractivity contribution in [1.82, 2.24) is 0 Å². The van der Waals surface area contributed by atoms with Gasteiger partial charge >= 0.3 is 6.18 Å². The van der Waals surface area contributed by atoms with Crippen LogP contribution in [0.1, 0.15) is 30.4 Å². The molecule has 1 N–H and O–H groups in total. The molecule has 0 amide bonds. The average molecular weight is 314 g/mol. The number of amidine groups is 1. The minimum Gasteiger partial charge on any atom is -0.335 e. The van der Waals surface area contributed by atoms with Gasteiger partial charge < -0.3 is 5.32 Å². The Labute approximate surface area is 126 Å². The maximum absolute atomic E-state index is 12.9. The topological polar surface area (TPSA) is 24.4 Å². The van der Waals surface area contributed by atoms with E-state index in [1.165, 1.54) is 31.9 Å². The molecule has 1 aromatic rings. The van der Waals surface area contributed by atoms with E-state index in [1.54, 1.807) is 17.8 Å². The van der Waals surface area contributed by atoms with Crippen LogP contribution in [0.3, 0.4) is 0 Å². The summed E-state index contributed by atoms with van der Waals surface area (Å²) in [7, 11) is 0. The number of benzene rings is 1. The molecule has 1 aromatic carbocycles. The van der Waals surface area contributed by atoms with Gasteiger partial charge in [0.1, 0.15) is 0 Å². The summed E-state index contributed by atoms with van der Waals surface area (Å²) in [5.74, 6) is 1.65. The van der Waals surface area contributed by atoms with Gasteiger partial charge in [-0.25, -0.2) is 0 Å². The second-order valence-electron chi connectivity index (χ2n) is 5.66. The van der Waals surface area contributed by atoms with E-state index < -0.39 is 11.7 Å². The predicted molar refractivity (Wildman–Crippen MR) is 80.8 cm³/mol. The molecule has 1 saturated carbocycles. The molecule has 2 nitrogen and oxygen atoms in total. The smallest absolute Gasteiger partial charge is 0.335 e. The predicted octanol–water partition coefficient (Wildman–Crippen LogP) is 4.70. The van der Waals surface area contributed by atoms with Crippen molar-refractivity contribution in [3.8, 4) is 0 Å². The van der Waals surface area contributed by atoms with Crippen molar-refractivity contribution < 1.29 is 13.2 Å². The van der Waals surface area contributed by atoms with Crippen LogP contribution in [0.5, 0.6) is 0 Å². The van der Waals surface area contributed by atoms with E-state index in [0.717, 1.165) is 17.3 Å². The highest BCUT2D eigenvalue weighted by Crippen LogP contribution is 2.37. The summed E-state index contributed by atoms with van der Waals surface area (Å²) in [6.07, 6.45) is -0.801. The second kappa shape index (κ2) is 5.55. The number of hydrogen-bond acceptors (Lipinski definition) is 3. The number of rotatable bonds is 1. The summed E-state index contributed by atoms with van der Waals surface area (Å²) in [6.45, 7) is 1.47. The molecule has 21 heavy (non-hydrogen) atoms. The van der Waals surface area contributed by atoms with Crippen molar-refractivity contribution in [2.45, 2.75) is 38.4 Å². The van der Waals surface area contributed by atoms with Gasteiger partial charge in [0.05, 0.1) is 11.6 Å². The van der Waals surface area contributed by atoms with E-state index in [4.69, 9.17) is 0 Å². The van der Waals surface area contributed by atoms with E-state index in [0.29, 0.717) is 17.6 Å². The first kappa shape index (κ1) is 14.8. The maximum Gasteiger partial charge on any atom is 0.416 e. The molecule has 2 aliphatic rings. The molecular weight excluding hydrogens is 297 g/mol. The molecule has 0 spiro atoms. The van der Waals surface area contributed by atoms with Crippen LogP contribution >= 0.6 is 11.8 Å². The number of halogens is 3. The van der Waals surface area contributed by atoms with Gasteiger partial charge in [0.2, 0.25) is 0 Å². The monoisotopic (exact) mass is 314 g/mol. The van der Waals surface area contributed by atoms with Gasteiger partial charge in [0, 0.05) is 11.4 Å². The van der Waals surface area contributed by atoms with Crippen LogP contribution in [0.25, 0.3) is 0 Å². The van der Waals surface area contributed by atoms with Gasteiger partial charge in [-0.15, -0.1) is 0 Å². The zero-order valence-electron chi connectivity index (χ0n) is 11.7. The number of aliphatic imine (C=N–C) groups is 1. The van der Waals surface area contributed by atoms with E-state index in [-0.39, 0.29) is 5.56 Å². The summed E-state index contributed by atoms with van der Waals surface area (Å²) >= 11 is 1.61. The number of aryl methyl sites for hydroxylation is 1. The van der Waals surface area contributed by atoms with Gasteiger partial charge in [0.15, 0.2) is 5.17 Å². The van der Waals surface area contributed by atoms with Gasteiger partial charge in [-0.1, -0.05) is 24.2 Å². The van der Waals surface area contributed by atoms with Crippen LogP contribution in [-0.4, -0.2) is 17.0 Å². The van der Waals surface area contributed by atoms with Crippen molar-refractivity contribution in [3.05, 3.63) is 29.3 Å². The maximum atomic E-state index is 12.9. The third kappa shape index (κ3) is 3.20. The lowest BCUT2D eigenvalue weighted by Gasteiger charge is -2.23. The highest BCUT2D eigenvalue weighted by atomic mass is 32.2. The zero-order valence-corrected chi connectivity index (χ0v) is 12.5. The van der Waals surface area contributed by atoms with Crippen molar-refractivity contribution in [2.75, 3.05) is 11.1 Å². The van der Waals surface area contributed by atoms with Crippen molar-refractivity contribution in [1.29, 1.82) is 0 Å². The number of nitrogens with zero attached hydrogens (tertiary/aromatic N) is 1. The van der Waals surface area contributed by atoms with E-state index in [1.807, 2.05) is 0 Å². The van der Waals surface area contributed by atoms with Crippen LogP contribution in [0, 0.1) is 12.8 Å². The minimum atomic E-state index is -4.32. The van der Waals surface area contributed by atoms with Crippen molar-refractivity contribution in [2.24, 2.45) is 10.9 Å². The Balaban J connectivity index is 1.79. The molecule has 1 fully saturated rings. The Hall–Kier alpha value is -1.17. The van der Waals surface area contributed by atoms with Crippen molar-refractivity contribution in [3.63, 3.8) is 0 Å². The van der Waals surface area contributed by atoms with E-state index in [2.05, 4.69) is 10.3 Å². The fraction of sp³-hybridized carbons (Fsp3) is 0.533. The van der Waals surface area contributed by atoms with Crippen LogP contribution in [0.2, 0.25) is 0 Å². The van der Waals surface area contributed by atoms with Crippen LogP contribution in [-0.2, 0) is 6.18 Å². The molecular formula is C15H17F3N2S. The molecule has 2 unspecified atom stereocenters. The molecule has 0 aromatic heterocycles. The second-order valence-corrected chi connectivity index (χ2v) is 6.66. The molecule has 0 radical (unpaired) electrons. The Bertz CT molecular complexity index is 569. The Kier molecular flexibility index (Phi) is 3.90. The molecule has 114 valence electrons. The first-order valence-corrected chi connectivity index (χ1v) is 8.07. The lowest BCUT2D eigenvalue weighted by Crippen LogP contribution is -2.25. The molecule has 1 aliphatic heterocycles. The third-order valence-electron chi connectivity index (χ3n) is 4.13. The molecule has 1 heterocycles. The fourth-order valence-electron chi connectivity index (χ4n) is 2.95. The number of hydrogen-bond donors (Lipinski definition) is 1. The molecule has 2 atom stereocenters. The average Bonchev–Trinajstić information content (AvgIpc) is 2.87. The standard InChI is InChI=1S/C15H17F3N2S/c1-9-5-6-11(7-12(9)15(16,17)18)19-14-20-13-4-2-3-10(13)8-21-14/h5-7,10,13H,2-4,8H2,1H3,(H,19,20). The molecule has 3 rings (SSSR count). The van der Waals surface area contributed by atoms with Gasteiger partial charge in [-0.2, -0.15) is 13.2 Å². The quantitative estimate of drug-likeness (QED) is 0.812. The van der Waals surface area contributed by atoms with E-state index in [9.17, 15) is 13.2 Å². The lowest BCUT2D eigenvalue weighted by molar-refractivity contribution is -0.138. The summed E-state index contributed by atoms with van der Waals surface area (Å²) in [4.78, 5) is 4.64. The number of fused-ring (bicyclic) bond motifs is 1. The fourth-order valence-corrected chi connectivity index (χ4v) is 4.11. The SMILES string of the molecule is Cc1ccc(NC2=NC3CCCC3CS2)cc1C(F)(F)F. The molecule has 0 bridgehead atoms. The molecule has 1 aliphatic carbocycles. The molecule has 0 saturated heterocycles. The Morgan fingerprint density at radius 2 is 2.10 bits per heavy atom. The van der Waals surface area contributed by atoms with Crippen molar-refractivity contribution >= 4 is 22.6 Å². The highest BCUT2D eigenvalue weighted by molar-refractivity contribution is 8.14. The summed E-state index contributed by atoms with van der Waals surface area (Å²) in [5.41, 5.74) is 0.102. The van der Waals surface area contributed by atoms with Gasteiger partial charge in [0.25, 0.3) is 0 Å². The Morgan fingerprint density at radius 3 is 2.86 bits per heavy atom. The number of anilines is 1. The molecule has 6 heteroatoms. The number of alkyl halides is 3. The zero-order chi connectivity index (χ0) is 15.0. The first-order valence-electron chi connectivity index (χ1n) is 7.09. The minimum absolute atomic E-state index is 0.238. The summed E-state index contributed by atoms with van der Waals surface area (Å²) < 4.78 is 38.8. The largest absolute Gasteiger partial charge is 0.416 e. The van der Waals surface area contributed by atoms with E-state index >= 15 is 0 Å². The van der Waals surface area contributed by atoms with Crippen LogP contribution in [0.15, 0.2) is 23.2 Å². The highest BCUT2D eigenvalue weighted by Gasteiger charge is 2.33. The Morgan fingerprint density at radius 1 is 1.29 bits per heavy atom. The normalized spacial score (nSPS) is 25.4. The van der Waals surface area contributed by atoms with Crippen LogP contribution in [0.4, 0.5) is 18.9 Å². The van der Waals surface area contributed by atoms with Gasteiger partial charge in [-0.05, 0) is 43.4 Å². The lowest BCUT2D eigenvalue weighted by atomic mass is 10.1. The number of thioether (sulfide) groups is 1.